The Bertz CT molecular complexity index is 618. The molecule has 0 bridgehead atoms. The molecule has 148 valence electrons. The maximum Gasteiger partial charge on any atom is 0.308 e. The lowest BCUT2D eigenvalue weighted by Crippen LogP contribution is -2.57. The zero-order chi connectivity index (χ0) is 19.5. The number of piperazine rings is 1. The molecule has 1 saturated heterocycles. The van der Waals surface area contributed by atoms with Gasteiger partial charge in [-0.15, -0.1) is 0 Å². The number of aryl methyl sites for hydroxylation is 1. The molecule has 0 radical (unpaired) electrons. The first-order chi connectivity index (χ1) is 13.1. The van der Waals surface area contributed by atoms with Crippen LogP contribution in [0.4, 0.5) is 0 Å². The molecule has 1 fully saturated rings. The Hall–Kier alpha value is -2.37. The van der Waals surface area contributed by atoms with Crippen molar-refractivity contribution in [1.82, 2.24) is 10.2 Å². The van der Waals surface area contributed by atoms with Gasteiger partial charge in [0.15, 0.2) is 0 Å². The summed E-state index contributed by atoms with van der Waals surface area (Å²) in [4.78, 5) is 38.3. The minimum Gasteiger partial charge on any atom is -0.466 e. The minimum atomic E-state index is -0.755. The molecule has 1 N–H and O–H groups in total. The number of ether oxygens (including phenoxy) is 1. The van der Waals surface area contributed by atoms with Gasteiger partial charge in [-0.1, -0.05) is 50.1 Å². The smallest absolute Gasteiger partial charge is 0.308 e. The fraction of sp³-hybridized carbons (Fsp3) is 0.571. The molecule has 0 spiro atoms. The Morgan fingerprint density at radius 2 is 1.96 bits per heavy atom. The summed E-state index contributed by atoms with van der Waals surface area (Å²) in [6.45, 7) is 3.27. The lowest BCUT2D eigenvalue weighted by atomic mass is 10.1. The Morgan fingerprint density at radius 1 is 1.19 bits per heavy atom. The molecule has 1 aromatic rings. The molecule has 1 heterocycles. The van der Waals surface area contributed by atoms with Gasteiger partial charge in [-0.25, -0.2) is 0 Å². The van der Waals surface area contributed by atoms with Gasteiger partial charge in [0, 0.05) is 19.5 Å². The van der Waals surface area contributed by atoms with E-state index >= 15 is 0 Å². The second kappa shape index (κ2) is 11.4. The zero-order valence-electron chi connectivity index (χ0n) is 16.1. The van der Waals surface area contributed by atoms with E-state index in [4.69, 9.17) is 4.74 Å². The van der Waals surface area contributed by atoms with Crippen molar-refractivity contribution in [3.63, 3.8) is 0 Å². The summed E-state index contributed by atoms with van der Waals surface area (Å²) in [5.74, 6) is -0.761. The van der Waals surface area contributed by atoms with Crippen LogP contribution in [0.5, 0.6) is 0 Å². The minimum absolute atomic E-state index is 0.0554. The number of carbonyl (C=O) groups is 3. The van der Waals surface area contributed by atoms with E-state index in [2.05, 4.69) is 12.2 Å². The summed E-state index contributed by atoms with van der Waals surface area (Å²) in [6, 6.07) is 9.25. The van der Waals surface area contributed by atoms with Crippen molar-refractivity contribution in [2.24, 2.45) is 0 Å². The highest BCUT2D eigenvalue weighted by molar-refractivity contribution is 5.91. The van der Waals surface area contributed by atoms with E-state index in [1.807, 2.05) is 30.3 Å². The largest absolute Gasteiger partial charge is 0.466 e. The summed E-state index contributed by atoms with van der Waals surface area (Å²) < 4.78 is 5.28. The average Bonchev–Trinajstić information content (AvgIpc) is 2.68. The van der Waals surface area contributed by atoms with Gasteiger partial charge < -0.3 is 15.0 Å². The Balaban J connectivity index is 1.77. The lowest BCUT2D eigenvalue weighted by Gasteiger charge is -2.34. The standard InChI is InChI=1S/C21H30N2O4/c1-2-3-5-12-19(24)23-14-13-22-21(26)18(23)16-20(25)27-15-8-11-17-9-6-4-7-10-17/h4,6-7,9-10,18H,2-3,5,8,11-16H2,1H3,(H,22,26). The first-order valence-electron chi connectivity index (χ1n) is 9.88. The number of hydrogen-bond donors (Lipinski definition) is 1. The molecule has 0 saturated carbocycles. The highest BCUT2D eigenvalue weighted by Crippen LogP contribution is 2.14. The topological polar surface area (TPSA) is 75.7 Å². The zero-order valence-corrected chi connectivity index (χ0v) is 16.1. The first-order valence-corrected chi connectivity index (χ1v) is 9.88. The number of benzene rings is 1. The Kier molecular flexibility index (Phi) is 8.81. The van der Waals surface area contributed by atoms with Crippen LogP contribution in [0.2, 0.25) is 0 Å². The van der Waals surface area contributed by atoms with Gasteiger partial charge in [-0.3, -0.25) is 14.4 Å². The van der Waals surface area contributed by atoms with E-state index < -0.39 is 12.0 Å². The molecule has 2 rings (SSSR count). The molecule has 6 nitrogen and oxygen atoms in total. The summed E-state index contributed by atoms with van der Waals surface area (Å²) >= 11 is 0. The van der Waals surface area contributed by atoms with Crippen LogP contribution >= 0.6 is 0 Å². The Morgan fingerprint density at radius 3 is 2.70 bits per heavy atom. The van der Waals surface area contributed by atoms with Gasteiger partial charge in [0.05, 0.1) is 13.0 Å². The third-order valence-electron chi connectivity index (χ3n) is 4.72. The van der Waals surface area contributed by atoms with Crippen LogP contribution in [0, 0.1) is 0 Å². The molecule has 0 aliphatic carbocycles. The molecule has 1 aromatic carbocycles. The van der Waals surface area contributed by atoms with Crippen LogP contribution in [0.15, 0.2) is 30.3 Å². The van der Waals surface area contributed by atoms with Crippen LogP contribution < -0.4 is 5.32 Å². The summed E-state index contributed by atoms with van der Waals surface area (Å²) in [5, 5.41) is 2.74. The number of unbranched alkanes of at least 4 members (excludes halogenated alkanes) is 2. The second-order valence-electron chi connectivity index (χ2n) is 6.86. The number of hydrogen-bond acceptors (Lipinski definition) is 4. The van der Waals surface area contributed by atoms with Crippen LogP contribution in [0.25, 0.3) is 0 Å². The third-order valence-corrected chi connectivity index (χ3v) is 4.72. The van der Waals surface area contributed by atoms with Crippen LogP contribution in [0.1, 0.15) is 51.0 Å². The molecule has 27 heavy (non-hydrogen) atoms. The molecular weight excluding hydrogens is 344 g/mol. The molecule has 1 unspecified atom stereocenters. The molecule has 2 amide bonds. The van der Waals surface area contributed by atoms with Crippen LogP contribution in [0.3, 0.4) is 0 Å². The average molecular weight is 374 g/mol. The first kappa shape index (κ1) is 20.9. The van der Waals surface area contributed by atoms with Crippen molar-refractivity contribution in [1.29, 1.82) is 0 Å². The predicted molar refractivity (Wildman–Crippen MR) is 103 cm³/mol. The number of rotatable bonds is 10. The number of amides is 2. The highest BCUT2D eigenvalue weighted by atomic mass is 16.5. The van der Waals surface area contributed by atoms with Crippen molar-refractivity contribution < 1.29 is 19.1 Å². The van der Waals surface area contributed by atoms with Gasteiger partial charge in [-0.05, 0) is 24.8 Å². The predicted octanol–water partition coefficient (Wildman–Crippen LogP) is 2.46. The molecule has 1 aliphatic heterocycles. The maximum atomic E-state index is 12.4. The highest BCUT2D eigenvalue weighted by Gasteiger charge is 2.34. The number of nitrogens with zero attached hydrogens (tertiary/aromatic N) is 1. The number of carbonyl (C=O) groups excluding carboxylic acids is 3. The monoisotopic (exact) mass is 374 g/mol. The van der Waals surface area contributed by atoms with E-state index in [1.54, 1.807) is 4.90 Å². The quantitative estimate of drug-likeness (QED) is 0.504. The molecule has 6 heteroatoms. The van der Waals surface area contributed by atoms with Crippen molar-refractivity contribution in [3.05, 3.63) is 35.9 Å². The van der Waals surface area contributed by atoms with Gasteiger partial charge >= 0.3 is 5.97 Å². The summed E-state index contributed by atoms with van der Waals surface area (Å²) in [6.07, 6.45) is 4.73. The summed E-state index contributed by atoms with van der Waals surface area (Å²) in [5.41, 5.74) is 1.20. The molecule has 1 aliphatic rings. The van der Waals surface area contributed by atoms with E-state index in [0.717, 1.165) is 32.1 Å². The maximum absolute atomic E-state index is 12.4. The Labute approximate surface area is 161 Å². The fourth-order valence-corrected chi connectivity index (χ4v) is 3.21. The van der Waals surface area contributed by atoms with Gasteiger partial charge in [-0.2, -0.15) is 0 Å². The van der Waals surface area contributed by atoms with Crippen LogP contribution in [-0.4, -0.2) is 48.4 Å². The third kappa shape index (κ3) is 7.04. The van der Waals surface area contributed by atoms with E-state index in [1.165, 1.54) is 5.56 Å². The molecular formula is C21H30N2O4. The van der Waals surface area contributed by atoms with Crippen molar-refractivity contribution in [2.45, 2.75) is 57.9 Å². The van der Waals surface area contributed by atoms with E-state index in [9.17, 15) is 14.4 Å². The number of nitrogens with one attached hydrogen (secondary N) is 1. The molecule has 0 aromatic heterocycles. The lowest BCUT2D eigenvalue weighted by molar-refractivity contribution is -0.152. The SMILES string of the molecule is CCCCCC(=O)N1CCNC(=O)C1CC(=O)OCCCc1ccccc1. The van der Waals surface area contributed by atoms with E-state index in [-0.39, 0.29) is 18.2 Å². The van der Waals surface area contributed by atoms with Gasteiger partial charge in [0.1, 0.15) is 6.04 Å². The second-order valence-corrected chi connectivity index (χ2v) is 6.86. The van der Waals surface area contributed by atoms with Crippen LogP contribution in [-0.2, 0) is 25.5 Å². The van der Waals surface area contributed by atoms with Gasteiger partial charge in [0.25, 0.3) is 0 Å². The van der Waals surface area contributed by atoms with Crippen molar-refractivity contribution in [2.75, 3.05) is 19.7 Å². The normalized spacial score (nSPS) is 16.7. The van der Waals surface area contributed by atoms with E-state index in [0.29, 0.717) is 26.1 Å². The van der Waals surface area contributed by atoms with Crippen molar-refractivity contribution >= 4 is 17.8 Å². The summed E-state index contributed by atoms with van der Waals surface area (Å²) in [7, 11) is 0. The number of esters is 1. The van der Waals surface area contributed by atoms with Crippen molar-refractivity contribution in [3.8, 4) is 0 Å². The molecule has 1 atom stereocenters. The fourth-order valence-electron chi connectivity index (χ4n) is 3.21. The van der Waals surface area contributed by atoms with Gasteiger partial charge in [0.2, 0.25) is 11.8 Å².